The molecule has 0 spiro atoms. The van der Waals surface area contributed by atoms with Gasteiger partial charge in [0.15, 0.2) is 0 Å². The Bertz CT molecular complexity index is 220. The Morgan fingerprint density at radius 3 is 2.55 bits per heavy atom. The third-order valence-electron chi connectivity index (χ3n) is 1.60. The average Bonchev–Trinajstić information content (AvgIpc) is 2.66. The Labute approximate surface area is 66.7 Å². The first-order valence-electron chi connectivity index (χ1n) is 3.68. The summed E-state index contributed by atoms with van der Waals surface area (Å²) >= 11 is 0. The minimum atomic E-state index is -3.11. The summed E-state index contributed by atoms with van der Waals surface area (Å²) in [5, 5.41) is 8.38. The minimum absolute atomic E-state index is 0.147. The number of hydrogen-bond donors (Lipinski definition) is 2. The zero-order valence-corrected chi connectivity index (χ0v) is 7.26. The van der Waals surface area contributed by atoms with Crippen molar-refractivity contribution in [1.29, 1.82) is 0 Å². The van der Waals surface area contributed by atoms with E-state index in [2.05, 4.69) is 4.72 Å². The average molecular weight is 179 g/mol. The number of rotatable bonds is 4. The Kier molecular flexibility index (Phi) is 2.51. The largest absolute Gasteiger partial charge is 0.395 e. The van der Waals surface area contributed by atoms with Crippen LogP contribution in [0.15, 0.2) is 0 Å². The van der Waals surface area contributed by atoms with Crippen molar-refractivity contribution in [2.24, 2.45) is 0 Å². The third-order valence-corrected chi connectivity index (χ3v) is 3.68. The molecule has 1 rings (SSSR count). The first-order valence-corrected chi connectivity index (χ1v) is 5.23. The van der Waals surface area contributed by atoms with Gasteiger partial charge in [-0.05, 0) is 19.8 Å². The van der Waals surface area contributed by atoms with Gasteiger partial charge in [-0.25, -0.2) is 13.1 Å². The van der Waals surface area contributed by atoms with E-state index in [-0.39, 0.29) is 17.9 Å². The molecule has 1 aliphatic rings. The zero-order valence-electron chi connectivity index (χ0n) is 6.45. The first-order chi connectivity index (χ1) is 5.06. The SMILES string of the molecule is C[C@@H](CO)NS(=O)(=O)C1CC1. The Morgan fingerprint density at radius 1 is 1.64 bits per heavy atom. The van der Waals surface area contributed by atoms with Crippen LogP contribution >= 0.6 is 0 Å². The maximum Gasteiger partial charge on any atom is 0.214 e. The monoisotopic (exact) mass is 179 g/mol. The Hall–Kier alpha value is -0.130. The summed E-state index contributed by atoms with van der Waals surface area (Å²) < 4.78 is 24.7. The fourth-order valence-electron chi connectivity index (χ4n) is 0.792. The Balaban J connectivity index is 2.46. The fraction of sp³-hybridized carbons (Fsp3) is 1.00. The minimum Gasteiger partial charge on any atom is -0.395 e. The molecule has 2 N–H and O–H groups in total. The molecule has 0 heterocycles. The van der Waals surface area contributed by atoms with Crippen molar-refractivity contribution in [3.05, 3.63) is 0 Å². The van der Waals surface area contributed by atoms with Crippen LogP contribution < -0.4 is 4.72 Å². The van der Waals surface area contributed by atoms with E-state index in [9.17, 15) is 8.42 Å². The predicted molar refractivity (Wildman–Crippen MR) is 41.6 cm³/mol. The molecule has 1 atom stereocenters. The summed E-state index contributed by atoms with van der Waals surface area (Å²) in [6.45, 7) is 1.49. The lowest BCUT2D eigenvalue weighted by Crippen LogP contribution is -2.37. The summed E-state index contributed by atoms with van der Waals surface area (Å²) in [7, 11) is -3.11. The van der Waals surface area contributed by atoms with Crippen LogP contribution in [0.25, 0.3) is 0 Å². The van der Waals surface area contributed by atoms with Gasteiger partial charge in [0, 0.05) is 6.04 Å². The summed E-state index contributed by atoms with van der Waals surface area (Å²) in [5.41, 5.74) is 0. The molecule has 0 unspecified atom stereocenters. The normalized spacial score (nSPS) is 21.6. The van der Waals surface area contributed by atoms with Crippen molar-refractivity contribution in [2.45, 2.75) is 31.1 Å². The molecule has 0 aromatic rings. The van der Waals surface area contributed by atoms with Crippen molar-refractivity contribution in [3.63, 3.8) is 0 Å². The first kappa shape index (κ1) is 8.96. The van der Waals surface area contributed by atoms with Crippen molar-refractivity contribution in [1.82, 2.24) is 4.72 Å². The van der Waals surface area contributed by atoms with Crippen LogP contribution in [0, 0.1) is 0 Å². The number of hydrogen-bond acceptors (Lipinski definition) is 3. The van der Waals surface area contributed by atoms with E-state index in [1.165, 1.54) is 0 Å². The van der Waals surface area contributed by atoms with E-state index in [1.807, 2.05) is 0 Å². The molecule has 0 aliphatic heterocycles. The van der Waals surface area contributed by atoms with Crippen molar-refractivity contribution in [3.8, 4) is 0 Å². The van der Waals surface area contributed by atoms with E-state index in [1.54, 1.807) is 6.92 Å². The van der Waals surface area contributed by atoms with Gasteiger partial charge in [-0.2, -0.15) is 0 Å². The zero-order chi connectivity index (χ0) is 8.48. The molecular weight excluding hydrogens is 166 g/mol. The summed E-state index contributed by atoms with van der Waals surface area (Å²) in [6, 6.07) is -0.361. The maximum absolute atomic E-state index is 11.1. The van der Waals surface area contributed by atoms with Crippen LogP contribution in [0.4, 0.5) is 0 Å². The van der Waals surface area contributed by atoms with Gasteiger partial charge in [-0.3, -0.25) is 0 Å². The van der Waals surface area contributed by atoms with E-state index in [0.29, 0.717) is 0 Å². The van der Waals surface area contributed by atoms with Gasteiger partial charge in [0.1, 0.15) is 0 Å². The number of aliphatic hydroxyl groups excluding tert-OH is 1. The molecule has 11 heavy (non-hydrogen) atoms. The molecule has 1 fully saturated rings. The van der Waals surface area contributed by atoms with E-state index < -0.39 is 10.0 Å². The molecule has 1 aliphatic carbocycles. The molecule has 0 radical (unpaired) electrons. The van der Waals surface area contributed by atoms with Gasteiger partial charge < -0.3 is 5.11 Å². The highest BCUT2D eigenvalue weighted by Crippen LogP contribution is 2.27. The lowest BCUT2D eigenvalue weighted by atomic mass is 10.4. The molecule has 1 saturated carbocycles. The van der Waals surface area contributed by atoms with Crippen LogP contribution in [0.1, 0.15) is 19.8 Å². The quantitative estimate of drug-likeness (QED) is 0.608. The van der Waals surface area contributed by atoms with Gasteiger partial charge in [-0.1, -0.05) is 0 Å². The number of nitrogens with one attached hydrogen (secondary N) is 1. The molecule has 0 bridgehead atoms. The number of sulfonamides is 1. The van der Waals surface area contributed by atoms with Crippen LogP contribution in [-0.2, 0) is 10.0 Å². The van der Waals surface area contributed by atoms with Gasteiger partial charge in [0.2, 0.25) is 10.0 Å². The van der Waals surface area contributed by atoms with Crippen LogP contribution in [-0.4, -0.2) is 31.4 Å². The van der Waals surface area contributed by atoms with E-state index >= 15 is 0 Å². The molecule has 0 aromatic heterocycles. The summed E-state index contributed by atoms with van der Waals surface area (Å²) in [5.74, 6) is 0. The van der Waals surface area contributed by atoms with Crippen LogP contribution in [0.5, 0.6) is 0 Å². The topological polar surface area (TPSA) is 66.4 Å². The van der Waals surface area contributed by atoms with Crippen molar-refractivity contribution in [2.75, 3.05) is 6.61 Å². The van der Waals surface area contributed by atoms with E-state index in [4.69, 9.17) is 5.11 Å². The Morgan fingerprint density at radius 2 is 2.18 bits per heavy atom. The second-order valence-corrected chi connectivity index (χ2v) is 4.94. The predicted octanol–water partition coefficient (Wildman–Crippen LogP) is -0.551. The van der Waals surface area contributed by atoms with Gasteiger partial charge in [-0.15, -0.1) is 0 Å². The third kappa shape index (κ3) is 2.43. The highest BCUT2D eigenvalue weighted by molar-refractivity contribution is 7.90. The smallest absolute Gasteiger partial charge is 0.214 e. The lowest BCUT2D eigenvalue weighted by Gasteiger charge is -2.09. The summed E-state index contributed by atoms with van der Waals surface area (Å²) in [6.07, 6.45) is 1.51. The maximum atomic E-state index is 11.1. The lowest BCUT2D eigenvalue weighted by molar-refractivity contribution is 0.265. The van der Waals surface area contributed by atoms with Gasteiger partial charge in [0.25, 0.3) is 0 Å². The van der Waals surface area contributed by atoms with E-state index in [0.717, 1.165) is 12.8 Å². The summed E-state index contributed by atoms with van der Waals surface area (Å²) in [4.78, 5) is 0. The van der Waals surface area contributed by atoms with Crippen LogP contribution in [0.2, 0.25) is 0 Å². The molecule has 0 aromatic carbocycles. The molecular formula is C6H13NO3S. The van der Waals surface area contributed by atoms with Crippen molar-refractivity contribution < 1.29 is 13.5 Å². The fourth-order valence-corrected chi connectivity index (χ4v) is 2.38. The second-order valence-electron chi connectivity index (χ2n) is 2.95. The standard InChI is InChI=1S/C6H13NO3S/c1-5(4-8)7-11(9,10)6-2-3-6/h5-8H,2-4H2,1H3/t5-/m0/s1. The van der Waals surface area contributed by atoms with Gasteiger partial charge in [0.05, 0.1) is 11.9 Å². The number of aliphatic hydroxyl groups is 1. The van der Waals surface area contributed by atoms with Gasteiger partial charge >= 0.3 is 0 Å². The molecule has 66 valence electrons. The highest BCUT2D eigenvalue weighted by atomic mass is 32.2. The second kappa shape index (κ2) is 3.08. The molecule has 4 nitrogen and oxygen atoms in total. The molecule has 0 amide bonds. The van der Waals surface area contributed by atoms with Crippen LogP contribution in [0.3, 0.4) is 0 Å². The highest BCUT2D eigenvalue weighted by Gasteiger charge is 2.36. The molecule has 0 saturated heterocycles. The molecule has 5 heteroatoms. The van der Waals surface area contributed by atoms with Crippen molar-refractivity contribution >= 4 is 10.0 Å².